The van der Waals surface area contributed by atoms with Crippen LogP contribution in [0.2, 0.25) is 0 Å². The Balaban J connectivity index is 6.53. The third kappa shape index (κ3) is 6.34. The van der Waals surface area contributed by atoms with Gasteiger partial charge in [-0.3, -0.25) is 5.32 Å². The molecule has 0 aliphatic rings. The van der Waals surface area contributed by atoms with Crippen LogP contribution in [0.25, 0.3) is 0 Å². The Bertz CT molecular complexity index is 760. The van der Waals surface area contributed by atoms with Crippen LogP contribution in [0.4, 0.5) is 26.3 Å². The molecule has 0 bridgehead atoms. The van der Waals surface area contributed by atoms with Crippen molar-refractivity contribution in [2.24, 2.45) is 0 Å². The molecule has 0 saturated carbocycles. The van der Waals surface area contributed by atoms with E-state index in [4.69, 9.17) is 0 Å². The predicted octanol–water partition coefficient (Wildman–Crippen LogP) is 1.36. The van der Waals surface area contributed by atoms with Crippen LogP contribution >= 0.6 is 0 Å². The zero-order chi connectivity index (χ0) is 22.1. The lowest BCUT2D eigenvalue weighted by Gasteiger charge is -2.23. The van der Waals surface area contributed by atoms with Gasteiger partial charge in [-0.2, -0.15) is 43.2 Å². The number of halogens is 6. The highest BCUT2D eigenvalue weighted by atomic mass is 32.3. The Kier molecular flexibility index (Phi) is 7.55. The molecule has 0 amide bonds. The molecule has 0 aromatic rings. The minimum absolute atomic E-state index is 0.187. The van der Waals surface area contributed by atoms with Gasteiger partial charge in [-0.05, 0) is 10.3 Å². The molecular formula is C12H21F6N3O4S2+2. The van der Waals surface area contributed by atoms with Gasteiger partial charge in [0.25, 0.3) is 0 Å². The number of nitrogens with zero attached hydrogens (tertiary/aromatic N) is 2. The minimum atomic E-state index is -6.93. The molecular weight excluding hydrogens is 428 g/mol. The second-order valence-corrected chi connectivity index (χ2v) is 10.3. The molecule has 27 heavy (non-hydrogen) atoms. The van der Waals surface area contributed by atoms with Crippen molar-refractivity contribution < 1.29 is 51.0 Å². The highest BCUT2D eigenvalue weighted by Gasteiger charge is 2.64. The van der Waals surface area contributed by atoms with Crippen molar-refractivity contribution in [3.05, 3.63) is 12.2 Å². The Morgan fingerprint density at radius 3 is 1.59 bits per heavy atom. The van der Waals surface area contributed by atoms with Crippen LogP contribution < -0.4 is 5.32 Å². The molecule has 0 unspecified atom stereocenters. The van der Waals surface area contributed by atoms with Gasteiger partial charge in [0.2, 0.25) is 0 Å². The van der Waals surface area contributed by atoms with Gasteiger partial charge in [-0.1, -0.05) is 6.58 Å². The summed E-state index contributed by atoms with van der Waals surface area (Å²) >= 11 is 0. The third-order valence-corrected chi connectivity index (χ3v) is 6.49. The number of quaternary nitrogens is 1. The number of rotatable bonds is 7. The van der Waals surface area contributed by atoms with E-state index in [2.05, 4.69) is 6.58 Å². The van der Waals surface area contributed by atoms with E-state index in [1.54, 1.807) is 21.1 Å². The maximum atomic E-state index is 12.8. The van der Waals surface area contributed by atoms with Gasteiger partial charge >= 0.3 is 36.9 Å². The summed E-state index contributed by atoms with van der Waals surface area (Å²) in [4.78, 5) is 0. The third-order valence-electron chi connectivity index (χ3n) is 2.91. The van der Waals surface area contributed by atoms with Gasteiger partial charge in [0.05, 0.1) is 34.2 Å². The smallest absolute Gasteiger partial charge is 0.331 e. The monoisotopic (exact) mass is 449 g/mol. The van der Waals surface area contributed by atoms with E-state index in [0.29, 0.717) is 11.0 Å². The molecule has 0 aromatic carbocycles. The van der Waals surface area contributed by atoms with E-state index in [9.17, 15) is 43.2 Å². The first-order valence-corrected chi connectivity index (χ1v) is 10.0. The van der Waals surface area contributed by atoms with Gasteiger partial charge in [0.1, 0.15) is 0 Å². The zero-order valence-corrected chi connectivity index (χ0v) is 16.6. The second kappa shape index (κ2) is 7.95. The number of alkyl halides is 6. The minimum Gasteiger partial charge on any atom is -0.331 e. The molecule has 0 aliphatic carbocycles. The van der Waals surface area contributed by atoms with Crippen molar-refractivity contribution in [1.29, 1.82) is 0 Å². The molecule has 15 heteroatoms. The molecule has 1 N–H and O–H groups in total. The van der Waals surface area contributed by atoms with Crippen LogP contribution in [0.1, 0.15) is 13.3 Å². The van der Waals surface area contributed by atoms with Crippen LogP contribution in [0, 0.1) is 0 Å². The zero-order valence-electron chi connectivity index (χ0n) is 14.9. The van der Waals surface area contributed by atoms with Gasteiger partial charge < -0.3 is 4.48 Å². The summed E-state index contributed by atoms with van der Waals surface area (Å²) in [5.74, 6) is -1.42. The number of nitrogens with one attached hydrogen (secondary N) is 1. The summed E-state index contributed by atoms with van der Waals surface area (Å²) in [6, 6.07) is 0. The van der Waals surface area contributed by atoms with Crippen molar-refractivity contribution in [3.8, 4) is 0 Å². The normalized spacial score (nSPS) is 14.0. The number of sulfonamides is 2. The van der Waals surface area contributed by atoms with Crippen molar-refractivity contribution in [2.45, 2.75) is 24.4 Å². The Morgan fingerprint density at radius 1 is 0.963 bits per heavy atom. The van der Waals surface area contributed by atoms with Crippen LogP contribution in [0.5, 0.6) is 0 Å². The largest absolute Gasteiger partial charge is 0.538 e. The van der Waals surface area contributed by atoms with Crippen LogP contribution in [0.15, 0.2) is 12.2 Å². The van der Waals surface area contributed by atoms with Crippen LogP contribution in [0.3, 0.4) is 0 Å². The van der Waals surface area contributed by atoms with E-state index in [0.717, 1.165) is 6.92 Å². The van der Waals surface area contributed by atoms with Crippen molar-refractivity contribution >= 4 is 25.9 Å². The lowest BCUT2D eigenvalue weighted by atomic mass is 10.3. The summed E-state index contributed by atoms with van der Waals surface area (Å²) in [7, 11) is -8.57. The molecule has 0 aliphatic heterocycles. The quantitative estimate of drug-likeness (QED) is 0.159. The van der Waals surface area contributed by atoms with E-state index in [1.807, 2.05) is 5.32 Å². The van der Waals surface area contributed by atoms with Crippen molar-refractivity contribution in [1.82, 2.24) is 5.32 Å². The molecule has 7 nitrogen and oxygen atoms in total. The highest BCUT2D eigenvalue weighted by molar-refractivity contribution is 7.98. The SMILES string of the molecule is C=C(C)C(NCCC[N+](C)(C)C)=[N+](S(=O)(=O)C(F)(F)F)S(=O)(=O)C(F)(F)F. The maximum absolute atomic E-state index is 12.8. The standard InChI is InChI=1S/C12H20F6N3O4S2/c1-9(2)10(19-7-6-8-21(3,4)5)20(26(22,23)11(13,14)15)27(24,25)12(16,17)18/h1,6-8H2,2-5H3/q+1/p+1. The summed E-state index contributed by atoms with van der Waals surface area (Å²) in [6.07, 6.45) is 0.187. The molecule has 0 saturated heterocycles. The van der Waals surface area contributed by atoms with E-state index < -0.39 is 45.9 Å². The number of hydrogen-bond acceptors (Lipinski definition) is 4. The first kappa shape index (κ1) is 25.6. The first-order valence-electron chi connectivity index (χ1n) is 7.16. The molecule has 0 aromatic heterocycles. The number of hydrogen-bond donors (Lipinski definition) is 1. The van der Waals surface area contributed by atoms with Crippen LogP contribution in [-0.4, -0.2) is 75.8 Å². The fraction of sp³-hybridized carbons (Fsp3) is 0.750. The topological polar surface area (TPSA) is 83.3 Å². The molecule has 0 spiro atoms. The van der Waals surface area contributed by atoms with Crippen molar-refractivity contribution in [3.63, 3.8) is 0 Å². The molecule has 0 heterocycles. The Labute approximate surface area is 153 Å². The summed E-state index contributed by atoms with van der Waals surface area (Å²) in [5.41, 5.74) is -13.2. The van der Waals surface area contributed by atoms with Gasteiger partial charge in [-0.15, -0.1) is 0 Å². The van der Waals surface area contributed by atoms with E-state index >= 15 is 0 Å². The van der Waals surface area contributed by atoms with Gasteiger partial charge in [0, 0.05) is 12.0 Å². The summed E-state index contributed by atoms with van der Waals surface area (Å²) in [6.45, 7) is 4.07. The van der Waals surface area contributed by atoms with Crippen molar-refractivity contribution in [2.75, 3.05) is 34.2 Å². The first-order chi connectivity index (χ1) is 11.7. The lowest BCUT2D eigenvalue weighted by molar-refractivity contribution is -0.870. The average Bonchev–Trinajstić information content (AvgIpc) is 2.37. The lowest BCUT2D eigenvalue weighted by Crippen LogP contribution is -2.50. The van der Waals surface area contributed by atoms with E-state index in [1.165, 1.54) is 0 Å². The Hall–Kier alpha value is -1.35. The molecule has 0 atom stereocenters. The molecule has 0 fully saturated rings. The fourth-order valence-corrected chi connectivity index (χ4v) is 4.53. The predicted molar refractivity (Wildman–Crippen MR) is 85.6 cm³/mol. The van der Waals surface area contributed by atoms with E-state index in [-0.39, 0.29) is 13.0 Å². The second-order valence-electron chi connectivity index (χ2n) is 6.52. The fourth-order valence-electron chi connectivity index (χ4n) is 1.69. The summed E-state index contributed by atoms with van der Waals surface area (Å²) < 4.78 is 122. The highest BCUT2D eigenvalue weighted by Crippen LogP contribution is 2.32. The molecule has 0 rings (SSSR count). The molecule has 0 radical (unpaired) electrons. The van der Waals surface area contributed by atoms with Gasteiger partial charge in [-0.25, -0.2) is 0 Å². The maximum Gasteiger partial charge on any atom is 0.538 e. The molecule has 160 valence electrons. The van der Waals surface area contributed by atoms with Crippen LogP contribution in [-0.2, 0) is 20.0 Å². The van der Waals surface area contributed by atoms with Gasteiger partial charge in [0.15, 0.2) is 0 Å². The Morgan fingerprint density at radius 2 is 1.33 bits per heavy atom. The average molecular weight is 449 g/mol. The summed E-state index contributed by atoms with van der Waals surface area (Å²) in [5, 5.41) is 2.02. The number of amidine groups is 1.